The molecule has 7 nitrogen and oxygen atoms in total. The lowest BCUT2D eigenvalue weighted by Crippen LogP contribution is -2.37. The fourth-order valence-corrected chi connectivity index (χ4v) is 3.35. The minimum Gasteiger partial charge on any atom is -0.444 e. The third-order valence-electron chi connectivity index (χ3n) is 4.73. The number of carbonyl (C=O) groups excluding carboxylic acids is 3. The molecule has 0 aliphatic carbocycles. The van der Waals surface area contributed by atoms with Crippen LogP contribution in [0.25, 0.3) is 0 Å². The summed E-state index contributed by atoms with van der Waals surface area (Å²) in [6, 6.07) is 26.0. The third-order valence-corrected chi connectivity index (χ3v) is 4.73. The van der Waals surface area contributed by atoms with Crippen LogP contribution in [0.3, 0.4) is 0 Å². The molecule has 0 spiro atoms. The van der Waals surface area contributed by atoms with E-state index in [4.69, 9.17) is 4.74 Å². The molecule has 0 radical (unpaired) electrons. The summed E-state index contributed by atoms with van der Waals surface area (Å²) in [5, 5.41) is 8.07. The molecule has 3 aromatic carbocycles. The fraction of sp³-hybridized carbons (Fsp3) is 0.222. The van der Waals surface area contributed by atoms with E-state index in [-0.39, 0.29) is 12.5 Å². The Kier molecular flexibility index (Phi) is 8.03. The Labute approximate surface area is 199 Å². The van der Waals surface area contributed by atoms with E-state index in [1.165, 1.54) is 0 Å². The summed E-state index contributed by atoms with van der Waals surface area (Å²) in [6.45, 7) is 4.99. The van der Waals surface area contributed by atoms with Crippen molar-refractivity contribution >= 4 is 29.3 Å². The summed E-state index contributed by atoms with van der Waals surface area (Å²) in [6.07, 6.45) is -0.670. The van der Waals surface area contributed by atoms with Crippen LogP contribution in [-0.4, -0.2) is 30.1 Å². The van der Waals surface area contributed by atoms with Crippen molar-refractivity contribution in [1.29, 1.82) is 0 Å². The highest BCUT2D eigenvalue weighted by molar-refractivity contribution is 5.99. The maximum atomic E-state index is 13.3. The van der Waals surface area contributed by atoms with Crippen molar-refractivity contribution in [3.8, 4) is 0 Å². The van der Waals surface area contributed by atoms with Gasteiger partial charge in [0.2, 0.25) is 11.8 Å². The molecular formula is C27H29N3O4. The molecule has 3 aromatic rings. The Morgan fingerprint density at radius 3 is 1.82 bits per heavy atom. The van der Waals surface area contributed by atoms with Gasteiger partial charge in [-0.15, -0.1) is 0 Å². The number of ether oxygens (including phenoxy) is 1. The van der Waals surface area contributed by atoms with Crippen LogP contribution in [0, 0.1) is 0 Å². The molecule has 3 rings (SSSR count). The summed E-state index contributed by atoms with van der Waals surface area (Å²) in [4.78, 5) is 37.2. The summed E-state index contributed by atoms with van der Waals surface area (Å²) >= 11 is 0. The maximum absolute atomic E-state index is 13.3. The Bertz CT molecular complexity index is 1090. The third kappa shape index (κ3) is 7.48. The van der Waals surface area contributed by atoms with Crippen LogP contribution >= 0.6 is 0 Å². The summed E-state index contributed by atoms with van der Waals surface area (Å²) < 4.78 is 5.12. The number of anilines is 2. The van der Waals surface area contributed by atoms with E-state index in [0.29, 0.717) is 11.4 Å². The van der Waals surface area contributed by atoms with E-state index in [0.717, 1.165) is 11.1 Å². The first-order chi connectivity index (χ1) is 16.2. The van der Waals surface area contributed by atoms with Crippen LogP contribution in [0.5, 0.6) is 0 Å². The van der Waals surface area contributed by atoms with Gasteiger partial charge in [0.1, 0.15) is 12.1 Å². The molecule has 0 atom stereocenters. The van der Waals surface area contributed by atoms with Gasteiger partial charge in [0.25, 0.3) is 0 Å². The summed E-state index contributed by atoms with van der Waals surface area (Å²) in [7, 11) is 0. The van der Waals surface area contributed by atoms with Gasteiger partial charge in [-0.25, -0.2) is 4.79 Å². The molecule has 7 heteroatoms. The van der Waals surface area contributed by atoms with Gasteiger partial charge in [0, 0.05) is 11.4 Å². The number of hydrogen-bond acceptors (Lipinski definition) is 4. The van der Waals surface area contributed by atoms with Gasteiger partial charge in [0.15, 0.2) is 0 Å². The number of amides is 3. The van der Waals surface area contributed by atoms with Crippen LogP contribution in [-0.2, 0) is 14.3 Å². The predicted octanol–water partition coefficient (Wildman–Crippen LogP) is 4.92. The van der Waals surface area contributed by atoms with Crippen molar-refractivity contribution in [3.05, 3.63) is 96.1 Å². The van der Waals surface area contributed by atoms with E-state index in [1.54, 1.807) is 45.0 Å². The normalized spacial score (nSPS) is 10.9. The first-order valence-electron chi connectivity index (χ1n) is 11.0. The van der Waals surface area contributed by atoms with Gasteiger partial charge < -0.3 is 20.7 Å². The number of nitrogens with one attached hydrogen (secondary N) is 3. The monoisotopic (exact) mass is 459 g/mol. The molecule has 3 N–H and O–H groups in total. The molecular weight excluding hydrogens is 430 g/mol. The van der Waals surface area contributed by atoms with Gasteiger partial charge in [-0.1, -0.05) is 66.7 Å². The quantitative estimate of drug-likeness (QED) is 0.467. The van der Waals surface area contributed by atoms with Crippen LogP contribution < -0.4 is 16.0 Å². The van der Waals surface area contributed by atoms with E-state index in [9.17, 15) is 14.4 Å². The largest absolute Gasteiger partial charge is 0.444 e. The first kappa shape index (κ1) is 24.5. The minimum atomic E-state index is -0.670. The average Bonchev–Trinajstić information content (AvgIpc) is 2.78. The Morgan fingerprint density at radius 1 is 0.765 bits per heavy atom. The average molecular weight is 460 g/mol. The van der Waals surface area contributed by atoms with Gasteiger partial charge in [-0.2, -0.15) is 0 Å². The highest BCUT2D eigenvalue weighted by Crippen LogP contribution is 2.27. The zero-order valence-electron chi connectivity index (χ0n) is 19.5. The first-order valence-corrected chi connectivity index (χ1v) is 11.0. The number of rotatable bonds is 7. The maximum Gasteiger partial charge on any atom is 0.408 e. The number of carbonyl (C=O) groups is 3. The van der Waals surface area contributed by atoms with Crippen molar-refractivity contribution in [1.82, 2.24) is 5.32 Å². The number of benzene rings is 3. The lowest BCUT2D eigenvalue weighted by Gasteiger charge is -2.19. The zero-order valence-corrected chi connectivity index (χ0v) is 19.5. The lowest BCUT2D eigenvalue weighted by atomic mass is 9.90. The van der Waals surface area contributed by atoms with E-state index >= 15 is 0 Å². The van der Waals surface area contributed by atoms with Crippen LogP contribution in [0.15, 0.2) is 84.9 Å². The number of hydrogen-bond donors (Lipinski definition) is 3. The Morgan fingerprint density at radius 2 is 1.29 bits per heavy atom. The summed E-state index contributed by atoms with van der Waals surface area (Å²) in [5.41, 5.74) is 2.14. The minimum absolute atomic E-state index is 0.188. The molecule has 0 heterocycles. The molecule has 0 unspecified atom stereocenters. The van der Waals surface area contributed by atoms with Crippen molar-refractivity contribution in [2.45, 2.75) is 32.3 Å². The van der Waals surface area contributed by atoms with Crippen molar-refractivity contribution in [2.24, 2.45) is 0 Å². The highest BCUT2D eigenvalue weighted by atomic mass is 16.6. The second-order valence-electron chi connectivity index (χ2n) is 8.73. The second kappa shape index (κ2) is 11.1. The van der Waals surface area contributed by atoms with Crippen molar-refractivity contribution in [2.75, 3.05) is 17.2 Å². The highest BCUT2D eigenvalue weighted by Gasteiger charge is 2.23. The van der Waals surface area contributed by atoms with Crippen LogP contribution in [0.1, 0.15) is 37.8 Å². The predicted molar refractivity (Wildman–Crippen MR) is 133 cm³/mol. The molecule has 0 saturated carbocycles. The smallest absolute Gasteiger partial charge is 0.408 e. The molecule has 34 heavy (non-hydrogen) atoms. The molecule has 0 aliphatic rings. The van der Waals surface area contributed by atoms with Gasteiger partial charge in [-0.05, 0) is 50.1 Å². The Balaban J connectivity index is 1.66. The standard InChI is InChI=1S/C27H29N3O4/c1-27(2,3)34-26(33)28-18-23(31)29-21-15-10-16-22(17-21)30-25(32)24(19-11-6-4-7-12-19)20-13-8-5-9-14-20/h4-17,24H,18H2,1-3H3,(H,28,33)(H,29,31)(H,30,32). The molecule has 0 saturated heterocycles. The Hall–Kier alpha value is -4.13. The lowest BCUT2D eigenvalue weighted by molar-refractivity contribution is -0.117. The second-order valence-corrected chi connectivity index (χ2v) is 8.73. The topological polar surface area (TPSA) is 96.5 Å². The number of alkyl carbamates (subject to hydrolysis) is 1. The molecule has 3 amide bonds. The van der Waals surface area contributed by atoms with Crippen LogP contribution in [0.4, 0.5) is 16.2 Å². The van der Waals surface area contributed by atoms with Gasteiger partial charge in [0.05, 0.1) is 5.92 Å². The molecule has 0 aliphatic heterocycles. The van der Waals surface area contributed by atoms with Crippen molar-refractivity contribution in [3.63, 3.8) is 0 Å². The fourth-order valence-electron chi connectivity index (χ4n) is 3.35. The van der Waals surface area contributed by atoms with Crippen molar-refractivity contribution < 1.29 is 19.1 Å². The van der Waals surface area contributed by atoms with E-state index in [1.807, 2.05) is 60.7 Å². The zero-order chi connectivity index (χ0) is 24.6. The summed E-state index contributed by atoms with van der Waals surface area (Å²) in [5.74, 6) is -1.09. The van der Waals surface area contributed by atoms with Gasteiger partial charge >= 0.3 is 6.09 Å². The molecule has 0 fully saturated rings. The molecule has 0 aromatic heterocycles. The molecule has 176 valence electrons. The van der Waals surface area contributed by atoms with E-state index < -0.39 is 23.5 Å². The van der Waals surface area contributed by atoms with E-state index in [2.05, 4.69) is 16.0 Å². The van der Waals surface area contributed by atoms with Gasteiger partial charge in [-0.3, -0.25) is 9.59 Å². The molecule has 0 bridgehead atoms. The SMILES string of the molecule is CC(C)(C)OC(=O)NCC(=O)Nc1cccc(NC(=O)C(c2ccccc2)c2ccccc2)c1. The van der Waals surface area contributed by atoms with Crippen LogP contribution in [0.2, 0.25) is 0 Å².